The van der Waals surface area contributed by atoms with Gasteiger partial charge in [-0.05, 0) is 36.6 Å². The average molecular weight is 575 g/mol. The molecule has 180 valence electrons. The van der Waals surface area contributed by atoms with Crippen molar-refractivity contribution >= 4 is 41.0 Å². The molecule has 0 saturated heterocycles. The molecule has 2 N–H and O–H groups in total. The van der Waals surface area contributed by atoms with Crippen molar-refractivity contribution in [3.8, 4) is 0 Å². The van der Waals surface area contributed by atoms with Crippen LogP contribution in [0.25, 0.3) is 11.0 Å². The molecule has 2 aromatic carbocycles. The molecule has 0 spiro atoms. The lowest BCUT2D eigenvalue weighted by Crippen LogP contribution is -2.37. The number of benzene rings is 2. The van der Waals surface area contributed by atoms with Crippen molar-refractivity contribution in [2.45, 2.75) is 39.2 Å². The minimum atomic E-state index is -4.32. The third kappa shape index (κ3) is 8.50. The summed E-state index contributed by atoms with van der Waals surface area (Å²) in [6.07, 6.45) is -3.42. The van der Waals surface area contributed by atoms with Gasteiger partial charge in [0.05, 0.1) is 17.6 Å². The summed E-state index contributed by atoms with van der Waals surface area (Å²) in [4.78, 5) is 8.82. The van der Waals surface area contributed by atoms with E-state index in [1.807, 2.05) is 37.3 Å². The van der Waals surface area contributed by atoms with E-state index in [4.69, 9.17) is 4.74 Å². The van der Waals surface area contributed by atoms with E-state index in [2.05, 4.69) is 31.2 Å². The molecule has 0 saturated carbocycles. The van der Waals surface area contributed by atoms with Crippen molar-refractivity contribution in [1.29, 1.82) is 0 Å². The van der Waals surface area contributed by atoms with Crippen LogP contribution in [0, 0.1) is 6.92 Å². The zero-order valence-corrected chi connectivity index (χ0v) is 21.0. The zero-order valence-electron chi connectivity index (χ0n) is 18.7. The molecular weight excluding hydrogens is 546 g/mol. The van der Waals surface area contributed by atoms with E-state index < -0.39 is 12.8 Å². The molecule has 10 heteroatoms. The predicted octanol–water partition coefficient (Wildman–Crippen LogP) is 4.80. The Balaban J connectivity index is 0.00000385. The number of fused-ring (bicyclic) bond motifs is 1. The molecule has 3 aromatic rings. The van der Waals surface area contributed by atoms with Gasteiger partial charge in [-0.3, -0.25) is 4.99 Å². The fourth-order valence-electron chi connectivity index (χ4n) is 3.44. The number of nitrogens with zero attached hydrogens (tertiary/aromatic N) is 3. The lowest BCUT2D eigenvalue weighted by atomic mass is 10.1. The normalized spacial score (nSPS) is 12.0. The molecule has 1 heterocycles. The molecule has 3 rings (SSSR count). The minimum absolute atomic E-state index is 0. The quantitative estimate of drug-likeness (QED) is 0.167. The van der Waals surface area contributed by atoms with Gasteiger partial charge < -0.3 is 19.9 Å². The van der Waals surface area contributed by atoms with E-state index in [9.17, 15) is 13.2 Å². The van der Waals surface area contributed by atoms with Gasteiger partial charge in [0.25, 0.3) is 0 Å². The summed E-state index contributed by atoms with van der Waals surface area (Å²) in [7, 11) is 1.70. The SMILES string of the molecule is CN=C(NCCCn1c(C)nc2ccccc21)NCc1cccc(COCC(F)(F)F)c1.I. The molecule has 0 radical (unpaired) electrons. The molecule has 6 nitrogen and oxygen atoms in total. The number of aromatic nitrogens is 2. The van der Waals surface area contributed by atoms with Crippen molar-refractivity contribution in [2.75, 3.05) is 20.2 Å². The van der Waals surface area contributed by atoms with E-state index in [0.717, 1.165) is 41.9 Å². The Kier molecular flexibility index (Phi) is 10.4. The summed E-state index contributed by atoms with van der Waals surface area (Å²) >= 11 is 0. The first kappa shape index (κ1) is 26.9. The van der Waals surface area contributed by atoms with Gasteiger partial charge in [-0.25, -0.2) is 4.98 Å². The van der Waals surface area contributed by atoms with Gasteiger partial charge in [0.2, 0.25) is 0 Å². The van der Waals surface area contributed by atoms with Crippen LogP contribution in [0.4, 0.5) is 13.2 Å². The monoisotopic (exact) mass is 575 g/mol. The number of ether oxygens (including phenoxy) is 1. The average Bonchev–Trinajstić information content (AvgIpc) is 3.07. The van der Waals surface area contributed by atoms with E-state index in [-0.39, 0.29) is 30.6 Å². The Morgan fingerprint density at radius 1 is 1.09 bits per heavy atom. The van der Waals surface area contributed by atoms with Crippen LogP contribution in [0.2, 0.25) is 0 Å². The third-order valence-corrected chi connectivity index (χ3v) is 4.91. The van der Waals surface area contributed by atoms with E-state index in [0.29, 0.717) is 18.1 Å². The molecule has 33 heavy (non-hydrogen) atoms. The van der Waals surface area contributed by atoms with Gasteiger partial charge in [0.1, 0.15) is 12.4 Å². The van der Waals surface area contributed by atoms with Gasteiger partial charge in [-0.1, -0.05) is 36.4 Å². The van der Waals surface area contributed by atoms with Crippen molar-refractivity contribution < 1.29 is 17.9 Å². The zero-order chi connectivity index (χ0) is 23.0. The summed E-state index contributed by atoms with van der Waals surface area (Å²) in [5.41, 5.74) is 3.76. The summed E-state index contributed by atoms with van der Waals surface area (Å²) in [5, 5.41) is 6.52. The Hall–Kier alpha value is -2.34. The van der Waals surface area contributed by atoms with Crippen molar-refractivity contribution in [2.24, 2.45) is 4.99 Å². The Morgan fingerprint density at radius 3 is 2.61 bits per heavy atom. The Morgan fingerprint density at radius 2 is 1.85 bits per heavy atom. The molecule has 0 aliphatic heterocycles. The van der Waals surface area contributed by atoms with Gasteiger partial charge in [0, 0.05) is 26.7 Å². The Bertz CT molecular complexity index is 1050. The van der Waals surface area contributed by atoms with Crippen molar-refractivity contribution in [3.05, 3.63) is 65.5 Å². The molecule has 0 unspecified atom stereocenters. The number of aryl methyl sites for hydroxylation is 2. The Labute approximate surface area is 208 Å². The summed E-state index contributed by atoms with van der Waals surface area (Å²) in [5.74, 6) is 1.66. The smallest absolute Gasteiger partial charge is 0.367 e. The highest BCUT2D eigenvalue weighted by Gasteiger charge is 2.27. The molecule has 0 atom stereocenters. The van der Waals surface area contributed by atoms with Crippen LogP contribution in [0.15, 0.2) is 53.5 Å². The highest BCUT2D eigenvalue weighted by molar-refractivity contribution is 14.0. The van der Waals surface area contributed by atoms with Crippen LogP contribution in [-0.4, -0.2) is 41.9 Å². The second-order valence-electron chi connectivity index (χ2n) is 7.43. The number of hydrogen-bond acceptors (Lipinski definition) is 3. The number of nitrogens with one attached hydrogen (secondary N) is 2. The van der Waals surface area contributed by atoms with Crippen LogP contribution < -0.4 is 10.6 Å². The lowest BCUT2D eigenvalue weighted by Gasteiger charge is -2.13. The van der Waals surface area contributed by atoms with Gasteiger partial charge >= 0.3 is 6.18 Å². The molecule has 0 amide bonds. The number of hydrogen-bond donors (Lipinski definition) is 2. The summed E-state index contributed by atoms with van der Waals surface area (Å²) in [6.45, 7) is 2.75. The van der Waals surface area contributed by atoms with Crippen LogP contribution in [0.1, 0.15) is 23.4 Å². The number of guanidine groups is 1. The van der Waals surface area contributed by atoms with E-state index in [1.165, 1.54) is 0 Å². The number of para-hydroxylation sites is 2. The second-order valence-corrected chi connectivity index (χ2v) is 7.43. The standard InChI is InChI=1S/C23H28F3N5O.HI/c1-17-30-20-9-3-4-10-21(20)31(17)12-6-11-28-22(27-2)29-14-18-7-5-8-19(13-18)15-32-16-23(24,25)26;/h3-5,7-10,13H,6,11-12,14-16H2,1-2H3,(H2,27,28,29);1H. The van der Waals surface area contributed by atoms with Crippen LogP contribution in [-0.2, 0) is 24.4 Å². The summed E-state index contributed by atoms with van der Waals surface area (Å²) < 4.78 is 43.6. The minimum Gasteiger partial charge on any atom is -0.367 e. The number of rotatable bonds is 9. The molecule has 1 aromatic heterocycles. The fraction of sp³-hybridized carbons (Fsp3) is 0.391. The first-order valence-corrected chi connectivity index (χ1v) is 10.4. The van der Waals surface area contributed by atoms with Crippen molar-refractivity contribution in [3.63, 3.8) is 0 Å². The maximum absolute atomic E-state index is 12.2. The number of alkyl halides is 3. The molecular formula is C23H29F3IN5O. The molecule has 0 fully saturated rings. The first-order chi connectivity index (χ1) is 15.4. The topological polar surface area (TPSA) is 63.5 Å². The van der Waals surface area contributed by atoms with Crippen LogP contribution in [0.3, 0.4) is 0 Å². The van der Waals surface area contributed by atoms with Crippen LogP contribution in [0.5, 0.6) is 0 Å². The van der Waals surface area contributed by atoms with Gasteiger partial charge in [-0.2, -0.15) is 13.2 Å². The third-order valence-electron chi connectivity index (χ3n) is 4.91. The fourth-order valence-corrected chi connectivity index (χ4v) is 3.44. The van der Waals surface area contributed by atoms with Crippen LogP contribution >= 0.6 is 24.0 Å². The maximum Gasteiger partial charge on any atom is 0.411 e. The van der Waals surface area contributed by atoms with Gasteiger partial charge in [-0.15, -0.1) is 24.0 Å². The molecule has 0 aliphatic rings. The first-order valence-electron chi connectivity index (χ1n) is 10.4. The highest BCUT2D eigenvalue weighted by atomic mass is 127. The highest BCUT2D eigenvalue weighted by Crippen LogP contribution is 2.17. The van der Waals surface area contributed by atoms with E-state index in [1.54, 1.807) is 19.2 Å². The van der Waals surface area contributed by atoms with E-state index >= 15 is 0 Å². The lowest BCUT2D eigenvalue weighted by molar-refractivity contribution is -0.176. The molecule has 0 bridgehead atoms. The second kappa shape index (κ2) is 12.8. The predicted molar refractivity (Wildman–Crippen MR) is 135 cm³/mol. The maximum atomic E-state index is 12.2. The summed E-state index contributed by atoms with van der Waals surface area (Å²) in [6, 6.07) is 15.4. The van der Waals surface area contributed by atoms with Gasteiger partial charge in [0.15, 0.2) is 5.96 Å². The number of halogens is 4. The van der Waals surface area contributed by atoms with Crippen molar-refractivity contribution in [1.82, 2.24) is 20.2 Å². The molecule has 0 aliphatic carbocycles. The largest absolute Gasteiger partial charge is 0.411 e. The number of aliphatic imine (C=N–C) groups is 1. The number of imidazole rings is 1.